The van der Waals surface area contributed by atoms with Gasteiger partial charge in [-0.3, -0.25) is 9.59 Å². The zero-order valence-electron chi connectivity index (χ0n) is 35.4. The molecule has 0 spiro atoms. The van der Waals surface area contributed by atoms with E-state index in [1.165, 1.54) is 89.0 Å². The second-order valence-corrected chi connectivity index (χ2v) is 20.8. The molecule has 0 aromatic rings. The Labute approximate surface area is 320 Å². The first-order valence-electron chi connectivity index (χ1n) is 22.8. The number of carboxylic acids is 1. The summed E-state index contributed by atoms with van der Waals surface area (Å²) in [6, 6.07) is 0. The van der Waals surface area contributed by atoms with Gasteiger partial charge in [-0.1, -0.05) is 157 Å². The predicted octanol–water partition coefficient (Wildman–Crippen LogP) is 13.3. The number of allylic oxidation sites excluding steroid dienone is 2. The van der Waals surface area contributed by atoms with Gasteiger partial charge in [-0.2, -0.15) is 0 Å². The average Bonchev–Trinajstić information content (AvgIpc) is 3.10. The molecule has 2 N–H and O–H groups in total. The van der Waals surface area contributed by atoms with Crippen molar-refractivity contribution in [2.24, 2.45) is 56.7 Å². The average molecular weight is 723 g/mol. The number of carbonyl (C=O) groups excluding carboxylic acids is 1. The summed E-state index contributed by atoms with van der Waals surface area (Å²) in [5.74, 6) is 1.33. The third kappa shape index (κ3) is 7.17. The summed E-state index contributed by atoms with van der Waals surface area (Å²) in [6.45, 7) is 19.0. The van der Waals surface area contributed by atoms with E-state index >= 15 is 0 Å². The first-order valence-corrected chi connectivity index (χ1v) is 22.8. The number of carbonyl (C=O) groups is 2. The summed E-state index contributed by atoms with van der Waals surface area (Å²) < 4.78 is 0. The Morgan fingerprint density at radius 3 is 1.81 bits per heavy atom. The van der Waals surface area contributed by atoms with Crippen LogP contribution in [0.2, 0.25) is 0 Å². The maximum absolute atomic E-state index is 14.0. The van der Waals surface area contributed by atoms with Gasteiger partial charge in [0.25, 0.3) is 0 Å². The number of hydrogen-bond acceptors (Lipinski definition) is 3. The third-order valence-corrected chi connectivity index (χ3v) is 18.1. The van der Waals surface area contributed by atoms with Gasteiger partial charge in [0.1, 0.15) is 5.60 Å². The molecule has 1 unspecified atom stereocenters. The van der Waals surface area contributed by atoms with Crippen molar-refractivity contribution >= 4 is 11.8 Å². The Bertz CT molecular complexity index is 1270. The molecule has 5 aliphatic carbocycles. The summed E-state index contributed by atoms with van der Waals surface area (Å²) in [5.41, 5.74) is -0.757. The van der Waals surface area contributed by atoms with Gasteiger partial charge in [-0.05, 0) is 110 Å². The van der Waals surface area contributed by atoms with Crippen molar-refractivity contribution in [2.45, 2.75) is 222 Å². The van der Waals surface area contributed by atoms with E-state index in [2.05, 4.69) is 61.5 Å². The molecule has 5 aliphatic rings. The van der Waals surface area contributed by atoms with Crippen molar-refractivity contribution < 1.29 is 19.8 Å². The molecule has 298 valence electrons. The van der Waals surface area contributed by atoms with E-state index in [0.717, 1.165) is 64.2 Å². The van der Waals surface area contributed by atoms with Crippen LogP contribution in [0.5, 0.6) is 0 Å². The third-order valence-electron chi connectivity index (χ3n) is 18.1. The topological polar surface area (TPSA) is 74.6 Å². The first-order chi connectivity index (χ1) is 24.6. The van der Waals surface area contributed by atoms with E-state index in [9.17, 15) is 19.8 Å². The van der Waals surface area contributed by atoms with E-state index < -0.39 is 22.4 Å². The van der Waals surface area contributed by atoms with Crippen molar-refractivity contribution in [3.8, 4) is 0 Å². The molecular weight excluding hydrogens is 641 g/mol. The molecule has 0 amide bonds. The Kier molecular flexibility index (Phi) is 13.3. The van der Waals surface area contributed by atoms with Crippen molar-refractivity contribution in [1.29, 1.82) is 0 Å². The molecule has 0 bridgehead atoms. The molecule has 0 aliphatic heterocycles. The van der Waals surface area contributed by atoms with Crippen LogP contribution >= 0.6 is 0 Å². The molecular formula is C48H82O4. The van der Waals surface area contributed by atoms with Crippen molar-refractivity contribution in [1.82, 2.24) is 0 Å². The summed E-state index contributed by atoms with van der Waals surface area (Å²) in [5, 5.41) is 23.1. The van der Waals surface area contributed by atoms with Crippen molar-refractivity contribution in [3.63, 3.8) is 0 Å². The number of carboxylic acid groups (broad SMARTS) is 1. The molecule has 5 rings (SSSR count). The number of ketones is 1. The highest BCUT2D eigenvalue weighted by Crippen LogP contribution is 2.76. The van der Waals surface area contributed by atoms with Crippen LogP contribution in [-0.4, -0.2) is 27.6 Å². The highest BCUT2D eigenvalue weighted by molar-refractivity contribution is 5.88. The predicted molar refractivity (Wildman–Crippen MR) is 216 cm³/mol. The van der Waals surface area contributed by atoms with Gasteiger partial charge in [-0.25, -0.2) is 0 Å². The number of aliphatic carboxylic acids is 1. The van der Waals surface area contributed by atoms with Crippen LogP contribution in [0, 0.1) is 56.7 Å². The molecule has 0 aromatic carbocycles. The standard InChI is InChI=1S/C48H82O4/c1-9-10-11-12-13-14-15-16-17-18-19-20-21-22-23-24-40(49)48(52)34-31-44(6)38(43(48,4)5)28-29-46(8)39(44)26-25-37-41-36(3)35(2)27-30-47(41,42(50)51)33-32-45(37,46)7/h25,35-36,38-39,41,52H,9-24,26-34H2,1-8H3,(H,50,51)/t35-,36+,38?,39-,41+,44+,45-,46-,47+,48-/m1/s1. The molecule has 4 heteroatoms. The second-order valence-electron chi connectivity index (χ2n) is 20.8. The van der Waals surface area contributed by atoms with Crippen LogP contribution in [0.1, 0.15) is 216 Å². The van der Waals surface area contributed by atoms with E-state index in [-0.39, 0.29) is 33.9 Å². The number of Topliss-reactive ketones (excluding diaryl/α,β-unsaturated/α-hetero) is 1. The second kappa shape index (κ2) is 16.5. The van der Waals surface area contributed by atoms with Gasteiger partial charge in [0.05, 0.1) is 5.41 Å². The minimum Gasteiger partial charge on any atom is -0.481 e. The lowest BCUT2D eigenvalue weighted by Crippen LogP contribution is -2.68. The van der Waals surface area contributed by atoms with Crippen LogP contribution in [0.25, 0.3) is 0 Å². The quantitative estimate of drug-likeness (QED) is 0.109. The van der Waals surface area contributed by atoms with Crippen LogP contribution < -0.4 is 0 Å². The maximum Gasteiger partial charge on any atom is 0.310 e. The lowest BCUT2D eigenvalue weighted by Gasteiger charge is -2.72. The highest BCUT2D eigenvalue weighted by Gasteiger charge is 2.71. The van der Waals surface area contributed by atoms with Gasteiger partial charge in [0, 0.05) is 11.8 Å². The molecule has 0 saturated heterocycles. The SMILES string of the molecule is CCCCCCCCCCCCCCCCCC(=O)[C@]1(O)CC[C@@]2(C)C(CC[C@]3(C)[C@@H]2CC=C2[C@@H]4[C@@H](C)[C@H](C)CC[C@]4(C(=O)O)CC[C@]23C)C1(C)C. The zero-order chi connectivity index (χ0) is 38.0. The number of fused-ring (bicyclic) bond motifs is 7. The summed E-state index contributed by atoms with van der Waals surface area (Å²) in [7, 11) is 0. The van der Waals surface area contributed by atoms with Crippen molar-refractivity contribution in [2.75, 3.05) is 0 Å². The Morgan fingerprint density at radius 1 is 0.692 bits per heavy atom. The van der Waals surface area contributed by atoms with Crippen LogP contribution in [0.15, 0.2) is 11.6 Å². The number of aliphatic hydroxyl groups is 1. The molecule has 52 heavy (non-hydrogen) atoms. The summed E-state index contributed by atoms with van der Waals surface area (Å²) in [6.07, 6.45) is 30.9. The largest absolute Gasteiger partial charge is 0.481 e. The van der Waals surface area contributed by atoms with Gasteiger partial charge in [0.15, 0.2) is 5.78 Å². The molecule has 10 atom stereocenters. The first kappa shape index (κ1) is 42.0. The van der Waals surface area contributed by atoms with E-state index in [4.69, 9.17) is 0 Å². The zero-order valence-corrected chi connectivity index (χ0v) is 35.4. The normalized spacial score (nSPS) is 40.9. The number of rotatable bonds is 18. The summed E-state index contributed by atoms with van der Waals surface area (Å²) >= 11 is 0. The fourth-order valence-electron chi connectivity index (χ4n) is 14.2. The molecule has 4 saturated carbocycles. The van der Waals surface area contributed by atoms with Crippen molar-refractivity contribution in [3.05, 3.63) is 11.6 Å². The van der Waals surface area contributed by atoms with Crippen LogP contribution in [0.3, 0.4) is 0 Å². The number of hydrogen-bond donors (Lipinski definition) is 2. The van der Waals surface area contributed by atoms with E-state index in [1.807, 2.05) is 0 Å². The highest BCUT2D eigenvalue weighted by atomic mass is 16.4. The number of unbranched alkanes of at least 4 members (excludes halogenated alkanes) is 14. The van der Waals surface area contributed by atoms with Gasteiger partial charge in [0.2, 0.25) is 0 Å². The lowest BCUT2D eigenvalue weighted by molar-refractivity contribution is -0.231. The van der Waals surface area contributed by atoms with E-state index in [0.29, 0.717) is 30.6 Å². The monoisotopic (exact) mass is 723 g/mol. The molecule has 4 fully saturated rings. The molecule has 4 nitrogen and oxygen atoms in total. The molecule has 0 radical (unpaired) electrons. The minimum atomic E-state index is -1.25. The van der Waals surface area contributed by atoms with Crippen LogP contribution in [-0.2, 0) is 9.59 Å². The fraction of sp³-hybridized carbons (Fsp3) is 0.917. The Balaban J connectivity index is 1.16. The Morgan fingerprint density at radius 2 is 1.25 bits per heavy atom. The summed E-state index contributed by atoms with van der Waals surface area (Å²) in [4.78, 5) is 27.1. The van der Waals surface area contributed by atoms with E-state index in [1.54, 1.807) is 0 Å². The minimum absolute atomic E-state index is 0.0138. The van der Waals surface area contributed by atoms with Crippen LogP contribution in [0.4, 0.5) is 0 Å². The maximum atomic E-state index is 14.0. The molecule has 0 heterocycles. The Hall–Kier alpha value is -1.16. The smallest absolute Gasteiger partial charge is 0.310 e. The van der Waals surface area contributed by atoms with Gasteiger partial charge < -0.3 is 10.2 Å². The van der Waals surface area contributed by atoms with Gasteiger partial charge in [-0.15, -0.1) is 0 Å². The lowest BCUT2D eigenvalue weighted by atomic mass is 9.32. The van der Waals surface area contributed by atoms with Gasteiger partial charge >= 0.3 is 5.97 Å². The molecule has 0 aromatic heterocycles. The fourth-order valence-corrected chi connectivity index (χ4v) is 14.2.